The second-order valence-corrected chi connectivity index (χ2v) is 6.92. The van der Waals surface area contributed by atoms with Crippen LogP contribution in [0.3, 0.4) is 0 Å². The van der Waals surface area contributed by atoms with E-state index in [4.69, 9.17) is 4.42 Å². The number of furan rings is 1. The third kappa shape index (κ3) is 2.95. The fraction of sp³-hybridized carbons (Fsp3) is 0.111. The summed E-state index contributed by atoms with van der Waals surface area (Å²) < 4.78 is 5.92. The number of hydrogen-bond acceptors (Lipinski definition) is 7. The van der Waals surface area contributed by atoms with Gasteiger partial charge >= 0.3 is 0 Å². The number of imide groups is 1. The van der Waals surface area contributed by atoms with Gasteiger partial charge in [0.05, 0.1) is 4.91 Å². The molecule has 0 spiro atoms. The molecule has 130 valence electrons. The number of aromatic nitrogens is 2. The topological polar surface area (TPSA) is 88.3 Å². The Morgan fingerprint density at radius 2 is 2.04 bits per heavy atom. The molecule has 1 fully saturated rings. The number of carbonyl (C=O) groups excluding carboxylic acids is 2. The Morgan fingerprint density at radius 3 is 2.69 bits per heavy atom. The van der Waals surface area contributed by atoms with E-state index in [2.05, 4.69) is 15.3 Å². The van der Waals surface area contributed by atoms with Gasteiger partial charge in [-0.2, -0.15) is 0 Å². The Hall–Kier alpha value is -3.13. The lowest BCUT2D eigenvalue weighted by atomic mass is 10.1. The summed E-state index contributed by atoms with van der Waals surface area (Å²) in [5, 5.41) is 2.65. The average molecular weight is 366 g/mol. The summed E-state index contributed by atoms with van der Waals surface area (Å²) in [6.45, 7) is 0. The molecule has 0 unspecified atom stereocenters. The highest BCUT2D eigenvalue weighted by Crippen LogP contribution is 2.32. The van der Waals surface area contributed by atoms with Crippen LogP contribution < -0.4 is 10.2 Å². The maximum atomic E-state index is 11.7. The second kappa shape index (κ2) is 6.30. The molecule has 4 heterocycles. The van der Waals surface area contributed by atoms with Crippen LogP contribution in [0, 0.1) is 0 Å². The summed E-state index contributed by atoms with van der Waals surface area (Å²) in [4.78, 5) is 33.9. The van der Waals surface area contributed by atoms with Crippen LogP contribution in [0.25, 0.3) is 28.2 Å². The van der Waals surface area contributed by atoms with Gasteiger partial charge in [0.1, 0.15) is 17.2 Å². The van der Waals surface area contributed by atoms with Gasteiger partial charge in [-0.3, -0.25) is 19.9 Å². The maximum Gasteiger partial charge on any atom is 0.290 e. The van der Waals surface area contributed by atoms with E-state index in [-0.39, 0.29) is 5.24 Å². The van der Waals surface area contributed by atoms with Gasteiger partial charge in [-0.1, -0.05) is 0 Å². The van der Waals surface area contributed by atoms with E-state index in [0.717, 1.165) is 34.1 Å². The zero-order chi connectivity index (χ0) is 18.3. The maximum absolute atomic E-state index is 11.7. The molecule has 0 atom stereocenters. The van der Waals surface area contributed by atoms with Gasteiger partial charge in [-0.25, -0.2) is 4.98 Å². The number of anilines is 1. The molecule has 26 heavy (non-hydrogen) atoms. The van der Waals surface area contributed by atoms with Crippen LogP contribution >= 0.6 is 11.8 Å². The van der Waals surface area contributed by atoms with Crippen molar-refractivity contribution in [3.63, 3.8) is 0 Å². The second-order valence-electron chi connectivity index (χ2n) is 5.91. The van der Waals surface area contributed by atoms with Crippen LogP contribution in [-0.2, 0) is 4.79 Å². The van der Waals surface area contributed by atoms with Gasteiger partial charge < -0.3 is 9.32 Å². The predicted molar refractivity (Wildman–Crippen MR) is 101 cm³/mol. The van der Waals surface area contributed by atoms with Crippen molar-refractivity contribution in [3.8, 4) is 11.1 Å². The van der Waals surface area contributed by atoms with Crippen LogP contribution in [0.5, 0.6) is 0 Å². The van der Waals surface area contributed by atoms with Crippen molar-refractivity contribution in [2.45, 2.75) is 0 Å². The highest BCUT2D eigenvalue weighted by Gasteiger charge is 2.25. The molecular weight excluding hydrogens is 352 g/mol. The van der Waals surface area contributed by atoms with Crippen molar-refractivity contribution in [2.75, 3.05) is 19.0 Å². The first kappa shape index (κ1) is 16.3. The number of rotatable bonds is 3. The lowest BCUT2D eigenvalue weighted by molar-refractivity contribution is -0.115. The van der Waals surface area contributed by atoms with Crippen molar-refractivity contribution in [1.29, 1.82) is 0 Å². The Kier molecular flexibility index (Phi) is 3.96. The molecule has 0 saturated carbocycles. The van der Waals surface area contributed by atoms with E-state index in [9.17, 15) is 9.59 Å². The average Bonchev–Trinajstić information content (AvgIpc) is 3.17. The molecule has 1 saturated heterocycles. The van der Waals surface area contributed by atoms with Crippen molar-refractivity contribution in [2.24, 2.45) is 0 Å². The standard InChI is InChI=1S/C18H14N4O3S/c1-22(2)15-4-3-10(8-20-15)13-9-19-7-11-5-12(25-16(11)13)6-14-17(23)21-18(24)26-14/h3-9H,1-2H3,(H,21,23,24). The first-order valence-electron chi connectivity index (χ1n) is 7.77. The molecule has 3 aromatic rings. The smallest absolute Gasteiger partial charge is 0.290 e. The lowest BCUT2D eigenvalue weighted by Crippen LogP contribution is -2.17. The van der Waals surface area contributed by atoms with Crippen LogP contribution in [0.15, 0.2) is 46.1 Å². The molecule has 7 nitrogen and oxygen atoms in total. The minimum atomic E-state index is -0.415. The van der Waals surface area contributed by atoms with Crippen LogP contribution in [0.4, 0.5) is 10.6 Å². The molecule has 1 N–H and O–H groups in total. The third-order valence-electron chi connectivity index (χ3n) is 3.87. The largest absolute Gasteiger partial charge is 0.456 e. The van der Waals surface area contributed by atoms with Crippen LogP contribution in [-0.4, -0.2) is 35.2 Å². The molecule has 0 aliphatic carbocycles. The SMILES string of the molecule is CN(C)c1ccc(-c2cncc3cc(C=C4SC(=O)NC4=O)oc23)cn1. The number of hydrogen-bond donors (Lipinski definition) is 1. The van der Waals surface area contributed by atoms with E-state index in [1.807, 2.05) is 31.1 Å². The fourth-order valence-corrected chi connectivity index (χ4v) is 3.28. The first-order chi connectivity index (χ1) is 12.5. The zero-order valence-electron chi connectivity index (χ0n) is 14.0. The Bertz CT molecular complexity index is 1050. The molecule has 8 heteroatoms. The monoisotopic (exact) mass is 366 g/mol. The number of fused-ring (bicyclic) bond motifs is 1. The van der Waals surface area contributed by atoms with E-state index in [1.54, 1.807) is 30.7 Å². The third-order valence-corrected chi connectivity index (χ3v) is 4.68. The van der Waals surface area contributed by atoms with Crippen molar-refractivity contribution >= 4 is 45.8 Å². The quantitative estimate of drug-likeness (QED) is 0.712. The molecule has 2 amide bonds. The highest BCUT2D eigenvalue weighted by molar-refractivity contribution is 8.18. The zero-order valence-corrected chi connectivity index (χ0v) is 14.8. The summed E-state index contributed by atoms with van der Waals surface area (Å²) in [5.41, 5.74) is 2.34. The summed E-state index contributed by atoms with van der Waals surface area (Å²) in [5.74, 6) is 0.925. The Morgan fingerprint density at radius 1 is 1.19 bits per heavy atom. The van der Waals surface area contributed by atoms with E-state index in [1.165, 1.54) is 0 Å². The van der Waals surface area contributed by atoms with Crippen LogP contribution in [0.1, 0.15) is 5.76 Å². The first-order valence-corrected chi connectivity index (χ1v) is 8.59. The van der Waals surface area contributed by atoms with Gasteiger partial charge in [-0.05, 0) is 30.0 Å². The summed E-state index contributed by atoms with van der Waals surface area (Å²) in [6.07, 6.45) is 6.74. The number of pyridine rings is 2. The molecule has 4 rings (SSSR count). The normalized spacial score (nSPS) is 15.7. The molecule has 0 bridgehead atoms. The van der Waals surface area contributed by atoms with E-state index < -0.39 is 5.91 Å². The number of carbonyl (C=O) groups is 2. The van der Waals surface area contributed by atoms with Crippen LogP contribution in [0.2, 0.25) is 0 Å². The number of thioether (sulfide) groups is 1. The molecule has 3 aromatic heterocycles. The fourth-order valence-electron chi connectivity index (χ4n) is 2.62. The van der Waals surface area contributed by atoms with Crippen molar-refractivity contribution in [1.82, 2.24) is 15.3 Å². The minimum Gasteiger partial charge on any atom is -0.456 e. The molecule has 1 aliphatic rings. The van der Waals surface area contributed by atoms with Gasteiger partial charge in [0, 0.05) is 55.3 Å². The predicted octanol–water partition coefficient (Wildman–Crippen LogP) is 3.28. The molecule has 1 aliphatic heterocycles. The Labute approximate surface area is 153 Å². The van der Waals surface area contributed by atoms with Crippen molar-refractivity contribution < 1.29 is 14.0 Å². The van der Waals surface area contributed by atoms with Gasteiger partial charge in [0.25, 0.3) is 11.1 Å². The Balaban J connectivity index is 1.75. The number of nitrogens with zero attached hydrogens (tertiary/aromatic N) is 3. The van der Waals surface area contributed by atoms with E-state index >= 15 is 0 Å². The number of nitrogens with one attached hydrogen (secondary N) is 1. The van der Waals surface area contributed by atoms with Crippen molar-refractivity contribution in [3.05, 3.63) is 47.5 Å². The highest BCUT2D eigenvalue weighted by atomic mass is 32.2. The van der Waals surface area contributed by atoms with E-state index in [0.29, 0.717) is 16.2 Å². The van der Waals surface area contributed by atoms with Gasteiger partial charge in [0.15, 0.2) is 0 Å². The van der Waals surface area contributed by atoms with Gasteiger partial charge in [-0.15, -0.1) is 0 Å². The summed E-state index contributed by atoms with van der Waals surface area (Å²) >= 11 is 0.855. The molecule has 0 aromatic carbocycles. The summed E-state index contributed by atoms with van der Waals surface area (Å²) in [6, 6.07) is 5.67. The van der Waals surface area contributed by atoms with Gasteiger partial charge in [0.2, 0.25) is 0 Å². The molecular formula is C18H14N4O3S. The lowest BCUT2D eigenvalue weighted by Gasteiger charge is -2.11. The number of amides is 2. The minimum absolute atomic E-state index is 0.306. The summed E-state index contributed by atoms with van der Waals surface area (Å²) in [7, 11) is 3.86. The molecule has 0 radical (unpaired) electrons.